The number of halogens is 1. The number of benzene rings is 1. The molecule has 2 aromatic rings. The van der Waals surface area contributed by atoms with Gasteiger partial charge in [0.2, 0.25) is 0 Å². The van der Waals surface area contributed by atoms with E-state index in [0.717, 1.165) is 4.68 Å². The number of ether oxygens (including phenoxy) is 2. The molecule has 0 aliphatic rings. The Morgan fingerprint density at radius 1 is 1.50 bits per heavy atom. The fourth-order valence-corrected chi connectivity index (χ4v) is 1.70. The van der Waals surface area contributed by atoms with Crippen LogP contribution < -0.4 is 15.2 Å². The summed E-state index contributed by atoms with van der Waals surface area (Å²) in [6.45, 7) is 2.11. The fourth-order valence-electron chi connectivity index (χ4n) is 1.42. The van der Waals surface area contributed by atoms with E-state index >= 15 is 0 Å². The maximum atomic E-state index is 11.6. The standard InChI is InChI=1S/C11H11ClN2O4/c1-3-17-10-13-14(11(15)18-10)7-5-4-6-8(16-2)9(7)12/h4-6H,3H2,1-2H3. The van der Waals surface area contributed by atoms with Crippen molar-refractivity contribution in [3.8, 4) is 17.5 Å². The first-order chi connectivity index (χ1) is 8.67. The summed E-state index contributed by atoms with van der Waals surface area (Å²) in [5, 5.41) is 4.16. The molecule has 0 aliphatic carbocycles. The first-order valence-corrected chi connectivity index (χ1v) is 5.61. The molecule has 0 aliphatic heterocycles. The second kappa shape index (κ2) is 5.14. The lowest BCUT2D eigenvalue weighted by atomic mass is 10.3. The molecule has 0 amide bonds. The second-order valence-corrected chi connectivity index (χ2v) is 3.65. The molecule has 0 N–H and O–H groups in total. The van der Waals surface area contributed by atoms with E-state index in [0.29, 0.717) is 18.0 Å². The van der Waals surface area contributed by atoms with Gasteiger partial charge in [-0.05, 0) is 19.1 Å². The molecular formula is C11H11ClN2O4. The molecule has 0 unspecified atom stereocenters. The molecule has 0 spiro atoms. The predicted octanol–water partition coefficient (Wildman–Crippen LogP) is 1.89. The van der Waals surface area contributed by atoms with Crippen LogP contribution in [0.1, 0.15) is 6.92 Å². The van der Waals surface area contributed by atoms with Crippen LogP contribution in [0.25, 0.3) is 5.69 Å². The maximum Gasteiger partial charge on any atom is 0.444 e. The Balaban J connectivity index is 2.52. The highest BCUT2D eigenvalue weighted by Crippen LogP contribution is 2.29. The van der Waals surface area contributed by atoms with E-state index in [9.17, 15) is 4.79 Å². The van der Waals surface area contributed by atoms with Crippen molar-refractivity contribution >= 4 is 11.6 Å². The van der Waals surface area contributed by atoms with Crippen molar-refractivity contribution < 1.29 is 13.9 Å². The van der Waals surface area contributed by atoms with Crippen molar-refractivity contribution in [3.05, 3.63) is 33.8 Å². The van der Waals surface area contributed by atoms with Crippen molar-refractivity contribution in [3.63, 3.8) is 0 Å². The van der Waals surface area contributed by atoms with Gasteiger partial charge in [0.15, 0.2) is 0 Å². The van der Waals surface area contributed by atoms with Crippen LogP contribution in [0, 0.1) is 0 Å². The summed E-state index contributed by atoms with van der Waals surface area (Å²) < 4.78 is 15.9. The summed E-state index contributed by atoms with van der Waals surface area (Å²) in [6.07, 6.45) is -0.0959. The molecule has 0 fully saturated rings. The van der Waals surface area contributed by atoms with Crippen molar-refractivity contribution in [2.75, 3.05) is 13.7 Å². The molecule has 96 valence electrons. The SMILES string of the molecule is CCOc1nn(-c2cccc(OC)c2Cl)c(=O)o1. The van der Waals surface area contributed by atoms with E-state index in [4.69, 9.17) is 25.5 Å². The van der Waals surface area contributed by atoms with Crippen molar-refractivity contribution in [1.29, 1.82) is 0 Å². The Morgan fingerprint density at radius 3 is 2.94 bits per heavy atom. The summed E-state index contributed by atoms with van der Waals surface area (Å²) in [6, 6.07) is 5.01. The van der Waals surface area contributed by atoms with Gasteiger partial charge in [0.05, 0.1) is 19.4 Å². The molecular weight excluding hydrogens is 260 g/mol. The molecule has 1 aromatic heterocycles. The maximum absolute atomic E-state index is 11.6. The largest absolute Gasteiger partial charge is 0.495 e. The van der Waals surface area contributed by atoms with Gasteiger partial charge in [0.25, 0.3) is 0 Å². The van der Waals surface area contributed by atoms with Gasteiger partial charge < -0.3 is 13.9 Å². The van der Waals surface area contributed by atoms with Gasteiger partial charge in [-0.2, -0.15) is 4.68 Å². The molecule has 7 heteroatoms. The summed E-state index contributed by atoms with van der Waals surface area (Å²) in [5.74, 6) is -0.226. The number of rotatable bonds is 4. The normalized spacial score (nSPS) is 10.4. The minimum absolute atomic E-state index is 0.0959. The zero-order valence-corrected chi connectivity index (χ0v) is 10.6. The third-order valence-corrected chi connectivity index (χ3v) is 2.57. The first kappa shape index (κ1) is 12.5. The Bertz CT molecular complexity index is 605. The van der Waals surface area contributed by atoms with Crippen LogP contribution in [0.5, 0.6) is 11.8 Å². The molecule has 6 nitrogen and oxygen atoms in total. The number of aromatic nitrogens is 2. The van der Waals surface area contributed by atoms with Gasteiger partial charge in [-0.1, -0.05) is 22.8 Å². The summed E-state index contributed by atoms with van der Waals surface area (Å²) >= 11 is 6.09. The summed E-state index contributed by atoms with van der Waals surface area (Å²) in [5.41, 5.74) is 0.371. The quantitative estimate of drug-likeness (QED) is 0.849. The van der Waals surface area contributed by atoms with E-state index in [1.807, 2.05) is 0 Å². The van der Waals surface area contributed by atoms with Crippen LogP contribution in [-0.2, 0) is 0 Å². The lowest BCUT2D eigenvalue weighted by Crippen LogP contribution is -2.14. The van der Waals surface area contributed by atoms with Gasteiger partial charge in [0.1, 0.15) is 10.8 Å². The highest BCUT2D eigenvalue weighted by atomic mass is 35.5. The van der Waals surface area contributed by atoms with Crippen LogP contribution in [0.15, 0.2) is 27.4 Å². The monoisotopic (exact) mass is 270 g/mol. The van der Waals surface area contributed by atoms with Crippen molar-refractivity contribution in [2.45, 2.75) is 6.92 Å². The molecule has 2 rings (SSSR count). The summed E-state index contributed by atoms with van der Waals surface area (Å²) in [7, 11) is 1.49. The highest BCUT2D eigenvalue weighted by molar-refractivity contribution is 6.33. The number of hydrogen-bond acceptors (Lipinski definition) is 5. The number of methoxy groups -OCH3 is 1. The third-order valence-electron chi connectivity index (χ3n) is 2.19. The highest BCUT2D eigenvalue weighted by Gasteiger charge is 2.15. The molecule has 1 aromatic carbocycles. The average Bonchev–Trinajstić information content (AvgIpc) is 2.71. The van der Waals surface area contributed by atoms with E-state index < -0.39 is 5.76 Å². The third kappa shape index (κ3) is 2.19. The molecule has 0 saturated heterocycles. The average molecular weight is 271 g/mol. The van der Waals surface area contributed by atoms with Gasteiger partial charge in [-0.3, -0.25) is 0 Å². The van der Waals surface area contributed by atoms with Gasteiger partial charge in [0, 0.05) is 0 Å². The lowest BCUT2D eigenvalue weighted by molar-refractivity contribution is 0.238. The van der Waals surface area contributed by atoms with Crippen LogP contribution in [0.4, 0.5) is 0 Å². The number of hydrogen-bond donors (Lipinski definition) is 0. The fraction of sp³-hybridized carbons (Fsp3) is 0.273. The molecule has 1 heterocycles. The molecule has 18 heavy (non-hydrogen) atoms. The lowest BCUT2D eigenvalue weighted by Gasteiger charge is -2.06. The van der Waals surface area contributed by atoms with Crippen molar-refractivity contribution in [2.24, 2.45) is 0 Å². The van der Waals surface area contributed by atoms with Gasteiger partial charge in [-0.25, -0.2) is 4.79 Å². The topological polar surface area (TPSA) is 66.5 Å². The van der Waals surface area contributed by atoms with E-state index in [2.05, 4.69) is 5.10 Å². The Hall–Kier alpha value is -1.95. The number of nitrogens with zero attached hydrogens (tertiary/aromatic N) is 2. The van der Waals surface area contributed by atoms with Gasteiger partial charge >= 0.3 is 11.8 Å². The zero-order chi connectivity index (χ0) is 13.1. The zero-order valence-electron chi connectivity index (χ0n) is 9.84. The summed E-state index contributed by atoms with van der Waals surface area (Å²) in [4.78, 5) is 11.6. The van der Waals surface area contributed by atoms with Crippen LogP contribution >= 0.6 is 11.6 Å². The Kier molecular flexibility index (Phi) is 3.57. The van der Waals surface area contributed by atoms with Crippen LogP contribution in [0.2, 0.25) is 5.02 Å². The Labute approximate surface area is 108 Å². The molecule has 0 atom stereocenters. The van der Waals surface area contributed by atoms with Gasteiger partial charge in [-0.15, -0.1) is 0 Å². The first-order valence-electron chi connectivity index (χ1n) is 5.23. The van der Waals surface area contributed by atoms with E-state index in [1.54, 1.807) is 25.1 Å². The molecule has 0 radical (unpaired) electrons. The predicted molar refractivity (Wildman–Crippen MR) is 64.8 cm³/mol. The van der Waals surface area contributed by atoms with Crippen LogP contribution in [0.3, 0.4) is 0 Å². The van der Waals surface area contributed by atoms with Crippen LogP contribution in [-0.4, -0.2) is 23.5 Å². The smallest absolute Gasteiger partial charge is 0.444 e. The minimum Gasteiger partial charge on any atom is -0.495 e. The van der Waals surface area contributed by atoms with E-state index in [-0.39, 0.29) is 11.1 Å². The second-order valence-electron chi connectivity index (χ2n) is 3.27. The molecule has 0 saturated carbocycles. The molecule has 0 bridgehead atoms. The van der Waals surface area contributed by atoms with E-state index in [1.165, 1.54) is 7.11 Å². The Morgan fingerprint density at radius 2 is 2.28 bits per heavy atom. The van der Waals surface area contributed by atoms with Crippen molar-refractivity contribution in [1.82, 2.24) is 9.78 Å². The minimum atomic E-state index is -0.673.